The van der Waals surface area contributed by atoms with Gasteiger partial charge in [-0.15, -0.1) is 0 Å². The molecule has 0 aliphatic heterocycles. The van der Waals surface area contributed by atoms with Crippen LogP contribution < -0.4 is 16.0 Å². The molecule has 0 bridgehead atoms. The lowest BCUT2D eigenvalue weighted by molar-refractivity contribution is -0.146. The maximum absolute atomic E-state index is 13.1. The highest BCUT2D eigenvalue weighted by atomic mass is 35.5. The third kappa shape index (κ3) is 8.10. The van der Waals surface area contributed by atoms with E-state index >= 15 is 0 Å². The van der Waals surface area contributed by atoms with E-state index in [1.807, 2.05) is 12.1 Å². The predicted octanol–water partition coefficient (Wildman–Crippen LogP) is 6.28. The van der Waals surface area contributed by atoms with E-state index in [1.54, 1.807) is 42.5 Å². The number of aliphatic carboxylic acids is 1. The standard InChI is InChI=1S/C31H31Cl2N3O5/c1-18-4-2-3-5-26(18)19-6-8-20(9-7-19)28(36-31(41)35-25-15-23(32)14-24(33)16-25)21-10-12-22(13-11-21)29(38)34-17-27(37)30(39)40/h5-16,18,27-28,37H,2-4,17H2,1H3,(H,34,38)(H,39,40)(H2,35,36,41)/t18?,27-,28+/m1/s1. The van der Waals surface area contributed by atoms with Gasteiger partial charge in [-0.2, -0.15) is 0 Å². The Balaban J connectivity index is 1.57. The molecule has 8 nitrogen and oxygen atoms in total. The molecule has 0 radical (unpaired) electrons. The number of carbonyl (C=O) groups excluding carboxylic acids is 2. The molecule has 1 unspecified atom stereocenters. The molecule has 0 saturated carbocycles. The highest BCUT2D eigenvalue weighted by molar-refractivity contribution is 6.35. The number of amides is 3. The van der Waals surface area contributed by atoms with Gasteiger partial charge < -0.3 is 26.2 Å². The first-order valence-electron chi connectivity index (χ1n) is 13.2. The molecule has 1 aliphatic carbocycles. The fourth-order valence-electron chi connectivity index (χ4n) is 4.80. The number of urea groups is 1. The topological polar surface area (TPSA) is 128 Å². The van der Waals surface area contributed by atoms with E-state index < -0.39 is 36.6 Å². The zero-order chi connectivity index (χ0) is 29.5. The van der Waals surface area contributed by atoms with Gasteiger partial charge in [-0.3, -0.25) is 4.79 Å². The summed E-state index contributed by atoms with van der Waals surface area (Å²) >= 11 is 12.2. The van der Waals surface area contributed by atoms with Gasteiger partial charge in [0.1, 0.15) is 0 Å². The Morgan fingerprint density at radius 2 is 1.56 bits per heavy atom. The molecule has 41 heavy (non-hydrogen) atoms. The third-order valence-corrected chi connectivity index (χ3v) is 7.39. The van der Waals surface area contributed by atoms with Gasteiger partial charge >= 0.3 is 12.0 Å². The van der Waals surface area contributed by atoms with Gasteiger partial charge in [-0.25, -0.2) is 9.59 Å². The lowest BCUT2D eigenvalue weighted by Gasteiger charge is -2.23. The Morgan fingerprint density at radius 3 is 2.15 bits per heavy atom. The fourth-order valence-corrected chi connectivity index (χ4v) is 5.32. The Kier molecular flexibility index (Phi) is 10.0. The molecule has 10 heteroatoms. The van der Waals surface area contributed by atoms with Gasteiger partial charge in [0.25, 0.3) is 5.91 Å². The molecule has 1 aliphatic rings. The van der Waals surface area contributed by atoms with E-state index in [-0.39, 0.29) is 5.56 Å². The van der Waals surface area contributed by atoms with Crippen LogP contribution in [0.2, 0.25) is 10.0 Å². The number of anilines is 1. The quantitative estimate of drug-likeness (QED) is 0.199. The van der Waals surface area contributed by atoms with Crippen LogP contribution in [0.4, 0.5) is 10.5 Å². The van der Waals surface area contributed by atoms with E-state index in [9.17, 15) is 19.5 Å². The lowest BCUT2D eigenvalue weighted by atomic mass is 9.84. The van der Waals surface area contributed by atoms with Gasteiger partial charge in [0.15, 0.2) is 6.10 Å². The highest BCUT2D eigenvalue weighted by Crippen LogP contribution is 2.33. The van der Waals surface area contributed by atoms with Gasteiger partial charge in [0.05, 0.1) is 12.6 Å². The number of aliphatic hydroxyl groups excluding tert-OH is 1. The predicted molar refractivity (Wildman–Crippen MR) is 160 cm³/mol. The Labute approximate surface area is 248 Å². The number of aliphatic hydroxyl groups is 1. The van der Waals surface area contributed by atoms with E-state index in [4.69, 9.17) is 28.3 Å². The first-order valence-corrected chi connectivity index (χ1v) is 14.0. The van der Waals surface area contributed by atoms with Crippen LogP contribution in [0.25, 0.3) is 5.57 Å². The third-order valence-electron chi connectivity index (χ3n) is 6.96. The van der Waals surface area contributed by atoms with Crippen LogP contribution in [0.1, 0.15) is 59.3 Å². The molecule has 214 valence electrons. The van der Waals surface area contributed by atoms with Crippen LogP contribution >= 0.6 is 23.2 Å². The molecule has 5 N–H and O–H groups in total. The van der Waals surface area contributed by atoms with Crippen molar-refractivity contribution >= 4 is 52.4 Å². The monoisotopic (exact) mass is 595 g/mol. The maximum Gasteiger partial charge on any atom is 0.334 e. The van der Waals surface area contributed by atoms with E-state index in [1.165, 1.54) is 12.0 Å². The summed E-state index contributed by atoms with van der Waals surface area (Å²) in [6.45, 7) is 1.81. The second-order valence-corrected chi connectivity index (χ2v) is 10.9. The van der Waals surface area contributed by atoms with Crippen LogP contribution in [0, 0.1) is 5.92 Å². The SMILES string of the molecule is CC1CCCC=C1c1ccc([C@H](NC(=O)Nc2cc(Cl)cc(Cl)c2)c2ccc(C(=O)NC[C@@H](O)C(=O)O)cc2)cc1. The molecular weight excluding hydrogens is 565 g/mol. The molecular formula is C31H31Cl2N3O5. The van der Waals surface area contributed by atoms with Crippen molar-refractivity contribution in [2.24, 2.45) is 5.92 Å². The minimum Gasteiger partial charge on any atom is -0.479 e. The zero-order valence-electron chi connectivity index (χ0n) is 22.4. The van der Waals surface area contributed by atoms with Crippen LogP contribution in [0.15, 0.2) is 72.8 Å². The lowest BCUT2D eigenvalue weighted by Crippen LogP contribution is -2.36. The minimum absolute atomic E-state index is 0.275. The van der Waals surface area contributed by atoms with E-state index in [0.29, 0.717) is 27.2 Å². The maximum atomic E-state index is 13.1. The van der Waals surface area contributed by atoms with Gasteiger partial charge in [-0.05, 0) is 77.8 Å². The van der Waals surface area contributed by atoms with E-state index in [0.717, 1.165) is 24.0 Å². The van der Waals surface area contributed by atoms with Gasteiger partial charge in [0.2, 0.25) is 0 Å². The summed E-state index contributed by atoms with van der Waals surface area (Å²) in [6, 6.07) is 18.3. The first kappa shape index (κ1) is 30.1. The molecule has 0 saturated heterocycles. The average Bonchev–Trinajstić information content (AvgIpc) is 2.94. The fraction of sp³-hybridized carbons (Fsp3) is 0.258. The van der Waals surface area contributed by atoms with Gasteiger partial charge in [-0.1, -0.05) is 72.6 Å². The number of allylic oxidation sites excluding steroid dienone is 2. The second-order valence-electron chi connectivity index (χ2n) is 9.99. The average molecular weight is 597 g/mol. The Morgan fingerprint density at radius 1 is 0.951 bits per heavy atom. The smallest absolute Gasteiger partial charge is 0.334 e. The number of carboxylic acid groups (broad SMARTS) is 1. The van der Waals surface area contributed by atoms with Crippen LogP contribution in [-0.4, -0.2) is 40.8 Å². The van der Waals surface area contributed by atoms with E-state index in [2.05, 4.69) is 41.1 Å². The normalized spacial score (nSPS) is 16.2. The summed E-state index contributed by atoms with van der Waals surface area (Å²) in [4.78, 5) is 36.3. The van der Waals surface area contributed by atoms with Crippen molar-refractivity contribution < 1.29 is 24.6 Å². The largest absolute Gasteiger partial charge is 0.479 e. The first-order chi connectivity index (χ1) is 19.6. The number of rotatable bonds is 9. The summed E-state index contributed by atoms with van der Waals surface area (Å²) in [5.41, 5.74) is 4.72. The molecule has 0 aromatic heterocycles. The molecule has 4 rings (SSSR count). The molecule has 3 aromatic rings. The number of hydrogen-bond donors (Lipinski definition) is 5. The summed E-state index contributed by atoms with van der Waals surface area (Å²) in [5, 5.41) is 27.2. The van der Waals surface area contributed by atoms with Crippen molar-refractivity contribution in [1.29, 1.82) is 0 Å². The zero-order valence-corrected chi connectivity index (χ0v) is 23.9. The van der Waals surface area contributed by atoms with Crippen molar-refractivity contribution in [1.82, 2.24) is 10.6 Å². The summed E-state index contributed by atoms with van der Waals surface area (Å²) in [5.74, 6) is -1.47. The van der Waals surface area contributed by atoms with Crippen LogP contribution in [-0.2, 0) is 4.79 Å². The van der Waals surface area contributed by atoms with Crippen molar-refractivity contribution in [2.75, 3.05) is 11.9 Å². The summed E-state index contributed by atoms with van der Waals surface area (Å²) < 4.78 is 0. The Hall–Kier alpha value is -3.85. The van der Waals surface area contributed by atoms with Crippen LogP contribution in [0.3, 0.4) is 0 Å². The number of carboxylic acids is 1. The summed E-state index contributed by atoms with van der Waals surface area (Å²) in [7, 11) is 0. The number of halogens is 2. The highest BCUT2D eigenvalue weighted by Gasteiger charge is 2.21. The van der Waals surface area contributed by atoms with Crippen molar-refractivity contribution in [3.63, 3.8) is 0 Å². The van der Waals surface area contributed by atoms with Crippen molar-refractivity contribution in [3.05, 3.63) is 105 Å². The number of nitrogens with one attached hydrogen (secondary N) is 3. The molecule has 3 amide bonds. The molecule has 0 fully saturated rings. The van der Waals surface area contributed by atoms with Gasteiger partial charge in [0, 0.05) is 21.3 Å². The molecule has 3 aromatic carbocycles. The minimum atomic E-state index is -1.70. The molecule has 3 atom stereocenters. The second kappa shape index (κ2) is 13.7. The van der Waals surface area contributed by atoms with Crippen molar-refractivity contribution in [2.45, 2.75) is 38.3 Å². The van der Waals surface area contributed by atoms with Crippen molar-refractivity contribution in [3.8, 4) is 0 Å². The Bertz CT molecular complexity index is 1420. The number of hydrogen-bond acceptors (Lipinski definition) is 4. The summed E-state index contributed by atoms with van der Waals surface area (Å²) in [6.07, 6.45) is 4.00. The number of carbonyl (C=O) groups is 3. The molecule has 0 spiro atoms. The number of benzene rings is 3. The van der Waals surface area contributed by atoms with Crippen LogP contribution in [0.5, 0.6) is 0 Å². The molecule has 0 heterocycles.